The van der Waals surface area contributed by atoms with Crippen LogP contribution in [0.5, 0.6) is 11.5 Å². The van der Waals surface area contributed by atoms with Crippen LogP contribution in [0.25, 0.3) is 0 Å². The predicted molar refractivity (Wildman–Crippen MR) is 92.3 cm³/mol. The summed E-state index contributed by atoms with van der Waals surface area (Å²) in [7, 11) is 1.68. The molecular weight excluding hydrogens is 330 g/mol. The minimum absolute atomic E-state index is 0.698. The lowest BCUT2D eigenvalue weighted by molar-refractivity contribution is 0.292. The van der Waals surface area contributed by atoms with E-state index in [1.54, 1.807) is 7.11 Å². The molecule has 0 unspecified atom stereocenters. The zero-order valence-corrected chi connectivity index (χ0v) is 15.1. The van der Waals surface area contributed by atoms with E-state index < -0.39 is 0 Å². The van der Waals surface area contributed by atoms with Crippen LogP contribution in [0, 0.1) is 0 Å². The maximum Gasteiger partial charge on any atom is 0.175 e. The van der Waals surface area contributed by atoms with Gasteiger partial charge in [-0.25, -0.2) is 0 Å². The Labute approximate surface area is 137 Å². The van der Waals surface area contributed by atoms with Gasteiger partial charge in [0, 0.05) is 6.54 Å². The number of hydrogen-bond donors (Lipinski definition) is 1. The molecule has 0 aliphatic heterocycles. The second-order valence-electron chi connectivity index (χ2n) is 5.19. The zero-order valence-electron chi connectivity index (χ0n) is 13.5. The number of ether oxygens (including phenoxy) is 2. The summed E-state index contributed by atoms with van der Waals surface area (Å²) in [4.78, 5) is 0. The van der Waals surface area contributed by atoms with E-state index in [9.17, 15) is 0 Å². The van der Waals surface area contributed by atoms with Gasteiger partial charge in [-0.3, -0.25) is 0 Å². The van der Waals surface area contributed by atoms with Crippen molar-refractivity contribution < 1.29 is 9.47 Å². The first-order valence-corrected chi connectivity index (χ1v) is 8.72. The smallest absolute Gasteiger partial charge is 0.175 e. The van der Waals surface area contributed by atoms with Gasteiger partial charge in [0.25, 0.3) is 0 Å². The van der Waals surface area contributed by atoms with Gasteiger partial charge >= 0.3 is 0 Å². The summed E-state index contributed by atoms with van der Waals surface area (Å²) in [6.07, 6.45) is 6.13. The van der Waals surface area contributed by atoms with E-state index in [-0.39, 0.29) is 0 Å². The van der Waals surface area contributed by atoms with Gasteiger partial charge in [0.2, 0.25) is 0 Å². The van der Waals surface area contributed by atoms with E-state index in [1.807, 2.05) is 0 Å². The van der Waals surface area contributed by atoms with Gasteiger partial charge in [-0.2, -0.15) is 0 Å². The van der Waals surface area contributed by atoms with E-state index in [0.717, 1.165) is 35.5 Å². The van der Waals surface area contributed by atoms with Crippen LogP contribution in [0.2, 0.25) is 0 Å². The molecule has 0 bridgehead atoms. The highest BCUT2D eigenvalue weighted by Gasteiger charge is 2.11. The highest BCUT2D eigenvalue weighted by atomic mass is 79.9. The van der Waals surface area contributed by atoms with Gasteiger partial charge < -0.3 is 14.8 Å². The van der Waals surface area contributed by atoms with Crippen LogP contribution in [-0.2, 0) is 6.54 Å². The predicted octanol–water partition coefficient (Wildman–Crippen LogP) is 4.92. The second kappa shape index (κ2) is 10.9. The van der Waals surface area contributed by atoms with Gasteiger partial charge in [0.1, 0.15) is 0 Å². The van der Waals surface area contributed by atoms with Crippen molar-refractivity contribution in [2.45, 2.75) is 52.5 Å². The number of methoxy groups -OCH3 is 1. The lowest BCUT2D eigenvalue weighted by Crippen LogP contribution is -2.14. The third-order valence-electron chi connectivity index (χ3n) is 3.28. The Morgan fingerprint density at radius 2 is 1.90 bits per heavy atom. The Morgan fingerprint density at radius 3 is 2.57 bits per heavy atom. The van der Waals surface area contributed by atoms with E-state index in [1.165, 1.54) is 31.2 Å². The highest BCUT2D eigenvalue weighted by Crippen LogP contribution is 2.36. The standard InChI is InChI=1S/C17H28BrNO2/c1-4-6-7-8-9-19-13-14-11-15(18)17(21-10-5-2)16(12-14)20-3/h11-12,19H,4-10,13H2,1-3H3. The molecule has 0 fully saturated rings. The largest absolute Gasteiger partial charge is 0.493 e. The molecule has 1 N–H and O–H groups in total. The summed E-state index contributed by atoms with van der Waals surface area (Å²) in [5.41, 5.74) is 1.21. The van der Waals surface area contributed by atoms with Crippen LogP contribution in [0.1, 0.15) is 51.5 Å². The molecule has 0 heterocycles. The topological polar surface area (TPSA) is 30.5 Å². The lowest BCUT2D eigenvalue weighted by atomic mass is 10.2. The number of hydrogen-bond acceptors (Lipinski definition) is 3. The van der Waals surface area contributed by atoms with Crippen molar-refractivity contribution in [2.75, 3.05) is 20.3 Å². The van der Waals surface area contributed by atoms with Crippen molar-refractivity contribution >= 4 is 15.9 Å². The van der Waals surface area contributed by atoms with Crippen LogP contribution >= 0.6 is 15.9 Å². The first-order valence-electron chi connectivity index (χ1n) is 7.92. The molecule has 1 aromatic rings. The molecule has 0 aromatic heterocycles. The number of benzene rings is 1. The molecule has 0 aliphatic carbocycles. The molecule has 1 rings (SSSR count). The molecule has 0 spiro atoms. The normalized spacial score (nSPS) is 10.7. The Balaban J connectivity index is 2.53. The van der Waals surface area contributed by atoms with Crippen LogP contribution in [0.15, 0.2) is 16.6 Å². The fourth-order valence-corrected chi connectivity index (χ4v) is 2.73. The molecule has 0 radical (unpaired) electrons. The fraction of sp³-hybridized carbons (Fsp3) is 0.647. The Morgan fingerprint density at radius 1 is 1.10 bits per heavy atom. The van der Waals surface area contributed by atoms with Gasteiger partial charge in [-0.05, 0) is 53.0 Å². The molecular formula is C17H28BrNO2. The summed E-state index contributed by atoms with van der Waals surface area (Å²) < 4.78 is 12.1. The summed E-state index contributed by atoms with van der Waals surface area (Å²) in [5.74, 6) is 1.59. The fourth-order valence-electron chi connectivity index (χ4n) is 2.13. The van der Waals surface area contributed by atoms with E-state index in [0.29, 0.717) is 6.61 Å². The zero-order chi connectivity index (χ0) is 15.5. The van der Waals surface area contributed by atoms with Gasteiger partial charge in [0.05, 0.1) is 18.2 Å². The van der Waals surface area contributed by atoms with Crippen molar-refractivity contribution in [1.29, 1.82) is 0 Å². The average molecular weight is 358 g/mol. The van der Waals surface area contributed by atoms with Crippen LogP contribution < -0.4 is 14.8 Å². The van der Waals surface area contributed by atoms with E-state index >= 15 is 0 Å². The Hall–Kier alpha value is -0.740. The first-order chi connectivity index (χ1) is 10.2. The summed E-state index contributed by atoms with van der Waals surface area (Å²) in [6, 6.07) is 4.15. The maximum absolute atomic E-state index is 5.74. The van der Waals surface area contributed by atoms with Gasteiger partial charge in [-0.15, -0.1) is 0 Å². The van der Waals surface area contributed by atoms with Crippen LogP contribution in [0.3, 0.4) is 0 Å². The molecule has 120 valence electrons. The van der Waals surface area contributed by atoms with Crippen molar-refractivity contribution in [3.63, 3.8) is 0 Å². The molecule has 0 amide bonds. The van der Waals surface area contributed by atoms with Crippen LogP contribution in [-0.4, -0.2) is 20.3 Å². The molecule has 3 nitrogen and oxygen atoms in total. The number of halogens is 1. The van der Waals surface area contributed by atoms with Crippen molar-refractivity contribution in [3.8, 4) is 11.5 Å². The maximum atomic E-state index is 5.74. The summed E-state index contributed by atoms with van der Waals surface area (Å²) in [6.45, 7) is 6.95. The first kappa shape index (κ1) is 18.3. The highest BCUT2D eigenvalue weighted by molar-refractivity contribution is 9.10. The molecule has 0 aliphatic rings. The molecule has 1 aromatic carbocycles. The monoisotopic (exact) mass is 357 g/mol. The number of rotatable bonds is 11. The van der Waals surface area contributed by atoms with E-state index in [4.69, 9.17) is 9.47 Å². The SMILES string of the molecule is CCCCCCNCc1cc(Br)c(OCCC)c(OC)c1. The molecule has 0 saturated heterocycles. The molecule has 0 saturated carbocycles. The van der Waals surface area contributed by atoms with Gasteiger partial charge in [0.15, 0.2) is 11.5 Å². The third kappa shape index (κ3) is 6.70. The third-order valence-corrected chi connectivity index (χ3v) is 3.87. The van der Waals surface area contributed by atoms with Crippen LogP contribution in [0.4, 0.5) is 0 Å². The number of nitrogens with one attached hydrogen (secondary N) is 1. The van der Waals surface area contributed by atoms with Crippen molar-refractivity contribution in [1.82, 2.24) is 5.32 Å². The summed E-state index contributed by atoms with van der Waals surface area (Å²) >= 11 is 3.58. The van der Waals surface area contributed by atoms with E-state index in [2.05, 4.69) is 47.2 Å². The quantitative estimate of drug-likeness (QED) is 0.570. The molecule has 4 heteroatoms. The molecule has 21 heavy (non-hydrogen) atoms. The van der Waals surface area contributed by atoms with Gasteiger partial charge in [-0.1, -0.05) is 33.1 Å². The minimum atomic E-state index is 0.698. The minimum Gasteiger partial charge on any atom is -0.493 e. The second-order valence-corrected chi connectivity index (χ2v) is 6.05. The Bertz CT molecular complexity index is 410. The molecule has 0 atom stereocenters. The summed E-state index contributed by atoms with van der Waals surface area (Å²) in [5, 5.41) is 3.48. The average Bonchev–Trinajstić information content (AvgIpc) is 2.49. The number of unbranched alkanes of at least 4 members (excludes halogenated alkanes) is 3. The lowest BCUT2D eigenvalue weighted by Gasteiger charge is -2.14. The van der Waals surface area contributed by atoms with Crippen molar-refractivity contribution in [2.24, 2.45) is 0 Å². The Kier molecular flexibility index (Phi) is 9.51. The van der Waals surface area contributed by atoms with Crippen molar-refractivity contribution in [3.05, 3.63) is 22.2 Å².